The van der Waals surface area contributed by atoms with Crippen molar-refractivity contribution in [2.75, 3.05) is 13.2 Å². The summed E-state index contributed by atoms with van der Waals surface area (Å²) in [5.41, 5.74) is 0. The quantitative estimate of drug-likeness (QED) is 0.0534. The highest BCUT2D eigenvalue weighted by atomic mass is 16.6. The zero-order chi connectivity index (χ0) is 29.4. The first-order valence-corrected chi connectivity index (χ1v) is 16.9. The van der Waals surface area contributed by atoms with E-state index in [4.69, 9.17) is 9.47 Å². The molecule has 0 fully saturated rings. The maximum atomic E-state index is 12.1. The summed E-state index contributed by atoms with van der Waals surface area (Å²) in [5, 5.41) is 9.49. The second-order valence-corrected chi connectivity index (χ2v) is 11.2. The molecule has 0 heterocycles. The summed E-state index contributed by atoms with van der Waals surface area (Å²) in [4.78, 5) is 24.1. The van der Waals surface area contributed by atoms with E-state index in [0.29, 0.717) is 12.8 Å². The molecule has 0 spiro atoms. The number of carbonyl (C=O) groups excluding carboxylic acids is 2. The first-order valence-electron chi connectivity index (χ1n) is 16.9. The van der Waals surface area contributed by atoms with Crippen molar-refractivity contribution >= 4 is 11.9 Å². The number of hydrogen-bond acceptors (Lipinski definition) is 5. The zero-order valence-corrected chi connectivity index (χ0v) is 26.4. The van der Waals surface area contributed by atoms with Crippen molar-refractivity contribution in [3.8, 4) is 0 Å². The van der Waals surface area contributed by atoms with Gasteiger partial charge in [-0.3, -0.25) is 9.59 Å². The van der Waals surface area contributed by atoms with Crippen LogP contribution in [0.25, 0.3) is 0 Å². The molecule has 234 valence electrons. The Balaban J connectivity index is 3.59. The van der Waals surface area contributed by atoms with E-state index in [1.54, 1.807) is 0 Å². The van der Waals surface area contributed by atoms with Crippen LogP contribution in [0.5, 0.6) is 0 Å². The molecule has 0 aliphatic heterocycles. The predicted octanol–water partition coefficient (Wildman–Crippen LogP) is 9.95. The maximum Gasteiger partial charge on any atom is 0.306 e. The lowest BCUT2D eigenvalue weighted by molar-refractivity contribution is -0.161. The van der Waals surface area contributed by atoms with Gasteiger partial charge >= 0.3 is 11.9 Å². The van der Waals surface area contributed by atoms with Crippen LogP contribution < -0.4 is 0 Å². The van der Waals surface area contributed by atoms with Gasteiger partial charge in [0.2, 0.25) is 0 Å². The van der Waals surface area contributed by atoms with Gasteiger partial charge in [0.25, 0.3) is 0 Å². The lowest BCUT2D eigenvalue weighted by atomic mass is 10.1. The van der Waals surface area contributed by atoms with Gasteiger partial charge in [0.1, 0.15) is 6.61 Å². The molecular weight excluding hydrogens is 500 g/mol. The Morgan fingerprint density at radius 1 is 0.550 bits per heavy atom. The number of aliphatic hydroxyl groups is 1. The van der Waals surface area contributed by atoms with Crippen LogP contribution in [0.3, 0.4) is 0 Å². The van der Waals surface area contributed by atoms with Gasteiger partial charge in [-0.2, -0.15) is 0 Å². The average molecular weight is 565 g/mol. The molecule has 0 rings (SSSR count). The Morgan fingerprint density at radius 3 is 1.43 bits per heavy atom. The lowest BCUT2D eigenvalue weighted by Gasteiger charge is -2.15. The van der Waals surface area contributed by atoms with E-state index in [1.807, 2.05) is 0 Å². The SMILES string of the molecule is CCCC/C=C\CCCCCCCC(=O)OC[C@H](CO)OC(=O)CCCCCCCCC/C=C\CCCCCC. The Morgan fingerprint density at radius 2 is 0.950 bits per heavy atom. The van der Waals surface area contributed by atoms with Crippen LogP contribution in [0.15, 0.2) is 24.3 Å². The molecule has 40 heavy (non-hydrogen) atoms. The van der Waals surface area contributed by atoms with Crippen molar-refractivity contribution in [1.29, 1.82) is 0 Å². The van der Waals surface area contributed by atoms with E-state index in [-0.39, 0.29) is 25.2 Å². The van der Waals surface area contributed by atoms with Crippen molar-refractivity contribution in [2.24, 2.45) is 0 Å². The summed E-state index contributed by atoms with van der Waals surface area (Å²) in [7, 11) is 0. The van der Waals surface area contributed by atoms with E-state index >= 15 is 0 Å². The van der Waals surface area contributed by atoms with E-state index < -0.39 is 6.10 Å². The number of hydrogen-bond donors (Lipinski definition) is 1. The van der Waals surface area contributed by atoms with Gasteiger partial charge in [0.15, 0.2) is 6.10 Å². The Labute approximate surface area is 247 Å². The molecule has 0 aromatic heterocycles. The maximum absolute atomic E-state index is 12.1. The second-order valence-electron chi connectivity index (χ2n) is 11.2. The molecule has 0 bridgehead atoms. The second kappa shape index (κ2) is 31.9. The summed E-state index contributed by atoms with van der Waals surface area (Å²) >= 11 is 0. The van der Waals surface area contributed by atoms with Gasteiger partial charge < -0.3 is 14.6 Å². The standard InChI is InChI=1S/C35H64O5/c1-3-5-7-9-11-13-15-16-17-18-20-22-24-26-28-30-35(38)40-33(31-36)32-39-34(37)29-27-25-23-21-19-14-12-10-8-6-4-2/h10,12-13,15,33,36H,3-9,11,14,16-32H2,1-2H3/b12-10-,15-13-/t33-/m0/s1. The number of rotatable bonds is 30. The minimum Gasteiger partial charge on any atom is -0.462 e. The fraction of sp³-hybridized carbons (Fsp3) is 0.829. The topological polar surface area (TPSA) is 72.8 Å². The minimum absolute atomic E-state index is 0.0700. The molecule has 0 radical (unpaired) electrons. The van der Waals surface area contributed by atoms with Crippen LogP contribution in [0.2, 0.25) is 0 Å². The molecule has 0 saturated carbocycles. The summed E-state index contributed by atoms with van der Waals surface area (Å²) in [5.74, 6) is -0.608. The van der Waals surface area contributed by atoms with Crippen LogP contribution >= 0.6 is 0 Å². The Hall–Kier alpha value is -1.62. The van der Waals surface area contributed by atoms with Crippen molar-refractivity contribution < 1.29 is 24.2 Å². The van der Waals surface area contributed by atoms with Crippen LogP contribution in [0.4, 0.5) is 0 Å². The van der Waals surface area contributed by atoms with Crippen molar-refractivity contribution in [2.45, 2.75) is 174 Å². The number of aliphatic hydroxyl groups excluding tert-OH is 1. The third-order valence-corrected chi connectivity index (χ3v) is 7.22. The largest absolute Gasteiger partial charge is 0.462 e. The van der Waals surface area contributed by atoms with E-state index in [1.165, 1.54) is 96.3 Å². The molecule has 0 amide bonds. The molecule has 0 aromatic rings. The fourth-order valence-electron chi connectivity index (χ4n) is 4.59. The summed E-state index contributed by atoms with van der Waals surface area (Å²) in [6.45, 7) is 4.06. The Bertz CT molecular complexity index is 613. The van der Waals surface area contributed by atoms with Crippen LogP contribution in [0, 0.1) is 0 Å². The summed E-state index contributed by atoms with van der Waals surface area (Å²) < 4.78 is 10.5. The summed E-state index contributed by atoms with van der Waals surface area (Å²) in [6, 6.07) is 0. The lowest BCUT2D eigenvalue weighted by Crippen LogP contribution is -2.28. The highest BCUT2D eigenvalue weighted by Gasteiger charge is 2.16. The fourth-order valence-corrected chi connectivity index (χ4v) is 4.59. The molecule has 0 aromatic carbocycles. The number of esters is 2. The molecule has 1 atom stereocenters. The van der Waals surface area contributed by atoms with Crippen LogP contribution in [0.1, 0.15) is 168 Å². The van der Waals surface area contributed by atoms with Gasteiger partial charge in [-0.25, -0.2) is 0 Å². The van der Waals surface area contributed by atoms with Crippen molar-refractivity contribution in [1.82, 2.24) is 0 Å². The molecule has 5 nitrogen and oxygen atoms in total. The van der Waals surface area contributed by atoms with E-state index in [9.17, 15) is 14.7 Å². The number of allylic oxidation sites excluding steroid dienone is 4. The van der Waals surface area contributed by atoms with Gasteiger partial charge in [-0.05, 0) is 57.8 Å². The molecule has 0 saturated heterocycles. The normalized spacial score (nSPS) is 12.4. The number of unbranched alkanes of at least 4 members (excludes halogenated alkanes) is 18. The molecule has 0 aliphatic carbocycles. The predicted molar refractivity (Wildman–Crippen MR) is 168 cm³/mol. The molecule has 5 heteroatoms. The third kappa shape index (κ3) is 29.4. The van der Waals surface area contributed by atoms with Gasteiger partial charge in [-0.1, -0.05) is 122 Å². The number of carbonyl (C=O) groups is 2. The van der Waals surface area contributed by atoms with Crippen LogP contribution in [-0.4, -0.2) is 36.4 Å². The highest BCUT2D eigenvalue weighted by molar-refractivity contribution is 5.70. The molecule has 1 N–H and O–H groups in total. The molecule has 0 unspecified atom stereocenters. The number of ether oxygens (including phenoxy) is 2. The van der Waals surface area contributed by atoms with Crippen LogP contribution in [-0.2, 0) is 19.1 Å². The highest BCUT2D eigenvalue weighted by Crippen LogP contribution is 2.12. The minimum atomic E-state index is -0.771. The van der Waals surface area contributed by atoms with Gasteiger partial charge in [-0.15, -0.1) is 0 Å². The zero-order valence-electron chi connectivity index (χ0n) is 26.4. The van der Waals surface area contributed by atoms with Gasteiger partial charge in [0.05, 0.1) is 6.61 Å². The summed E-state index contributed by atoms with van der Waals surface area (Å²) in [6.07, 6.45) is 35.1. The van der Waals surface area contributed by atoms with Crippen molar-refractivity contribution in [3.63, 3.8) is 0 Å². The first-order chi connectivity index (χ1) is 19.6. The van der Waals surface area contributed by atoms with Crippen molar-refractivity contribution in [3.05, 3.63) is 24.3 Å². The van der Waals surface area contributed by atoms with Gasteiger partial charge in [0, 0.05) is 12.8 Å². The third-order valence-electron chi connectivity index (χ3n) is 7.22. The molecular formula is C35H64O5. The first kappa shape index (κ1) is 38.4. The smallest absolute Gasteiger partial charge is 0.306 e. The van der Waals surface area contributed by atoms with E-state index in [2.05, 4.69) is 38.2 Å². The monoisotopic (exact) mass is 564 g/mol. The molecule has 0 aliphatic rings. The average Bonchev–Trinajstić information content (AvgIpc) is 2.96. The Kier molecular flexibility index (Phi) is 30.6. The van der Waals surface area contributed by atoms with E-state index in [0.717, 1.165) is 44.9 Å².